The topological polar surface area (TPSA) is 47.8 Å². The molecule has 4 nitrogen and oxygen atoms in total. The summed E-state index contributed by atoms with van der Waals surface area (Å²) >= 11 is 12.0. The monoisotopic (exact) mass is 317 g/mol. The van der Waals surface area contributed by atoms with Crippen molar-refractivity contribution in [3.05, 3.63) is 76.0 Å². The van der Waals surface area contributed by atoms with E-state index in [4.69, 9.17) is 23.2 Å². The summed E-state index contributed by atoms with van der Waals surface area (Å²) in [4.78, 5) is 12.6. The van der Waals surface area contributed by atoms with Crippen LogP contribution in [0.2, 0.25) is 10.0 Å². The largest absolute Gasteiger partial charge is 0.287 e. The third-order valence-corrected chi connectivity index (χ3v) is 3.52. The van der Waals surface area contributed by atoms with Gasteiger partial charge in [0.15, 0.2) is 0 Å². The van der Waals surface area contributed by atoms with Gasteiger partial charge in [-0.3, -0.25) is 4.79 Å². The van der Waals surface area contributed by atoms with Gasteiger partial charge in [-0.25, -0.2) is 4.68 Å². The molecule has 1 aromatic heterocycles. The van der Waals surface area contributed by atoms with E-state index in [0.717, 1.165) is 5.69 Å². The lowest BCUT2D eigenvalue weighted by molar-refractivity contribution is 0.103. The Morgan fingerprint density at radius 1 is 1.05 bits per heavy atom. The number of hydrogen-bond donors (Lipinski definition) is 0. The third kappa shape index (κ3) is 2.68. The lowest BCUT2D eigenvalue weighted by atomic mass is 10.1. The first-order valence-electron chi connectivity index (χ1n) is 6.12. The smallest absolute Gasteiger partial charge is 0.214 e. The van der Waals surface area contributed by atoms with E-state index < -0.39 is 0 Å². The highest BCUT2D eigenvalue weighted by atomic mass is 35.5. The molecule has 21 heavy (non-hydrogen) atoms. The lowest BCUT2D eigenvalue weighted by Crippen LogP contribution is -2.10. The van der Waals surface area contributed by atoms with Gasteiger partial charge in [0.05, 0.1) is 16.9 Å². The summed E-state index contributed by atoms with van der Waals surface area (Å²) < 4.78 is 1.47. The summed E-state index contributed by atoms with van der Waals surface area (Å²) in [5, 5.41) is 8.55. The molecule has 0 saturated carbocycles. The number of hydrogen-bond acceptors (Lipinski definition) is 3. The number of carbonyl (C=O) groups is 1. The molecular formula is C15H9Cl2N3O. The minimum absolute atomic E-state index is 0.281. The van der Waals surface area contributed by atoms with Crippen LogP contribution in [0.1, 0.15) is 16.1 Å². The number of halogens is 2. The fourth-order valence-electron chi connectivity index (χ4n) is 1.96. The number of para-hydroxylation sites is 1. The molecule has 3 rings (SSSR count). The molecule has 0 atom stereocenters. The molecule has 2 aromatic carbocycles. The van der Waals surface area contributed by atoms with Crippen molar-refractivity contribution in [3.63, 3.8) is 0 Å². The molecule has 0 fully saturated rings. The van der Waals surface area contributed by atoms with Gasteiger partial charge in [0.1, 0.15) is 5.69 Å². The van der Waals surface area contributed by atoms with E-state index in [0.29, 0.717) is 21.3 Å². The Kier molecular flexibility index (Phi) is 3.73. The number of benzene rings is 2. The van der Waals surface area contributed by atoms with Crippen LogP contribution in [0.4, 0.5) is 0 Å². The van der Waals surface area contributed by atoms with Crippen LogP contribution in [-0.4, -0.2) is 20.8 Å². The minimum atomic E-state index is -0.281. The first kappa shape index (κ1) is 13.8. The molecule has 3 aromatic rings. The van der Waals surface area contributed by atoms with Gasteiger partial charge in [0.2, 0.25) is 5.78 Å². The molecule has 6 heteroatoms. The second-order valence-corrected chi connectivity index (χ2v) is 5.16. The van der Waals surface area contributed by atoms with Crippen LogP contribution in [-0.2, 0) is 0 Å². The summed E-state index contributed by atoms with van der Waals surface area (Å²) in [6.45, 7) is 0. The van der Waals surface area contributed by atoms with Crippen LogP contribution in [0.5, 0.6) is 0 Å². The third-order valence-electron chi connectivity index (χ3n) is 2.96. The first-order chi connectivity index (χ1) is 10.2. The van der Waals surface area contributed by atoms with E-state index in [2.05, 4.69) is 10.3 Å². The normalized spacial score (nSPS) is 10.6. The molecule has 0 amide bonds. The molecule has 0 saturated heterocycles. The van der Waals surface area contributed by atoms with Crippen molar-refractivity contribution in [1.29, 1.82) is 0 Å². The molecule has 104 valence electrons. The van der Waals surface area contributed by atoms with E-state index in [-0.39, 0.29) is 5.78 Å². The number of carbonyl (C=O) groups excluding carboxylic acids is 1. The number of nitrogens with zero attached hydrogens (tertiary/aromatic N) is 3. The van der Waals surface area contributed by atoms with Crippen molar-refractivity contribution >= 4 is 29.0 Å². The average Bonchev–Trinajstić information content (AvgIpc) is 2.99. The van der Waals surface area contributed by atoms with Gasteiger partial charge in [-0.15, -0.1) is 5.10 Å². The van der Waals surface area contributed by atoms with Crippen LogP contribution < -0.4 is 0 Å². The number of rotatable bonds is 3. The summed E-state index contributed by atoms with van der Waals surface area (Å²) in [7, 11) is 0. The van der Waals surface area contributed by atoms with Gasteiger partial charge in [0, 0.05) is 10.6 Å². The molecule has 0 spiro atoms. The van der Waals surface area contributed by atoms with Crippen molar-refractivity contribution in [1.82, 2.24) is 15.0 Å². The van der Waals surface area contributed by atoms with E-state index in [1.165, 1.54) is 16.9 Å². The van der Waals surface area contributed by atoms with E-state index in [9.17, 15) is 4.79 Å². The zero-order chi connectivity index (χ0) is 14.8. The first-order valence-corrected chi connectivity index (χ1v) is 6.88. The van der Waals surface area contributed by atoms with Gasteiger partial charge >= 0.3 is 0 Å². The Balaban J connectivity index is 2.08. The van der Waals surface area contributed by atoms with E-state index in [1.807, 2.05) is 30.3 Å². The van der Waals surface area contributed by atoms with Crippen molar-refractivity contribution in [3.8, 4) is 5.69 Å². The van der Waals surface area contributed by atoms with Crippen molar-refractivity contribution in [2.75, 3.05) is 0 Å². The molecule has 0 aliphatic carbocycles. The summed E-state index contributed by atoms with van der Waals surface area (Å²) in [6, 6.07) is 14.0. The van der Waals surface area contributed by atoms with Crippen LogP contribution >= 0.6 is 23.2 Å². The van der Waals surface area contributed by atoms with Crippen molar-refractivity contribution < 1.29 is 4.79 Å². The predicted molar refractivity (Wildman–Crippen MR) is 81.3 cm³/mol. The Bertz CT molecular complexity index is 800. The van der Waals surface area contributed by atoms with E-state index in [1.54, 1.807) is 12.1 Å². The number of aromatic nitrogens is 3. The highest BCUT2D eigenvalue weighted by Gasteiger charge is 2.19. The van der Waals surface area contributed by atoms with Crippen LogP contribution in [0.15, 0.2) is 54.7 Å². The standard InChI is InChI=1S/C15H9Cl2N3O/c16-10-6-7-13(17)12(8-10)15(21)14-9-18-19-20(14)11-4-2-1-3-5-11/h1-9H. The zero-order valence-electron chi connectivity index (χ0n) is 10.7. The Morgan fingerprint density at radius 3 is 2.57 bits per heavy atom. The molecule has 0 aliphatic rings. The Morgan fingerprint density at radius 2 is 1.81 bits per heavy atom. The highest BCUT2D eigenvalue weighted by molar-refractivity contribution is 6.36. The van der Waals surface area contributed by atoms with Crippen LogP contribution in [0.25, 0.3) is 5.69 Å². The average molecular weight is 318 g/mol. The minimum Gasteiger partial charge on any atom is -0.287 e. The quantitative estimate of drug-likeness (QED) is 0.690. The van der Waals surface area contributed by atoms with Gasteiger partial charge in [0.25, 0.3) is 0 Å². The second kappa shape index (κ2) is 5.68. The zero-order valence-corrected chi connectivity index (χ0v) is 12.2. The van der Waals surface area contributed by atoms with Gasteiger partial charge in [-0.1, -0.05) is 46.6 Å². The summed E-state index contributed by atoms with van der Waals surface area (Å²) in [5.41, 5.74) is 1.39. The maximum Gasteiger partial charge on any atom is 0.214 e. The van der Waals surface area contributed by atoms with Crippen molar-refractivity contribution in [2.45, 2.75) is 0 Å². The fraction of sp³-hybridized carbons (Fsp3) is 0. The van der Waals surface area contributed by atoms with Crippen LogP contribution in [0, 0.1) is 0 Å². The predicted octanol–water partition coefficient (Wildman–Crippen LogP) is 3.81. The van der Waals surface area contributed by atoms with Gasteiger partial charge in [-0.05, 0) is 30.3 Å². The Hall–Kier alpha value is -2.17. The molecule has 0 N–H and O–H groups in total. The lowest BCUT2D eigenvalue weighted by Gasteiger charge is -2.07. The number of ketones is 1. The van der Waals surface area contributed by atoms with Crippen LogP contribution in [0.3, 0.4) is 0 Å². The molecule has 0 bridgehead atoms. The molecule has 0 radical (unpaired) electrons. The highest BCUT2D eigenvalue weighted by Crippen LogP contribution is 2.23. The SMILES string of the molecule is O=C(c1cc(Cl)ccc1Cl)c1cnnn1-c1ccccc1. The molecule has 1 heterocycles. The molecular weight excluding hydrogens is 309 g/mol. The van der Waals surface area contributed by atoms with Crippen molar-refractivity contribution in [2.24, 2.45) is 0 Å². The fourth-order valence-corrected chi connectivity index (χ4v) is 2.33. The van der Waals surface area contributed by atoms with E-state index >= 15 is 0 Å². The van der Waals surface area contributed by atoms with Gasteiger partial charge < -0.3 is 0 Å². The summed E-state index contributed by atoms with van der Waals surface area (Å²) in [5.74, 6) is -0.281. The second-order valence-electron chi connectivity index (χ2n) is 4.32. The van der Waals surface area contributed by atoms with Gasteiger partial charge in [-0.2, -0.15) is 0 Å². The summed E-state index contributed by atoms with van der Waals surface area (Å²) in [6.07, 6.45) is 1.41. The maximum absolute atomic E-state index is 12.6. The molecule has 0 aliphatic heterocycles. The maximum atomic E-state index is 12.6. The molecule has 0 unspecified atom stereocenters. The Labute approximate surface area is 130 Å².